The maximum absolute atomic E-state index is 12.9. The highest BCUT2D eigenvalue weighted by molar-refractivity contribution is 6.31. The summed E-state index contributed by atoms with van der Waals surface area (Å²) in [5.41, 5.74) is 0.868. The van der Waals surface area contributed by atoms with E-state index < -0.39 is 5.91 Å². The van der Waals surface area contributed by atoms with Gasteiger partial charge >= 0.3 is 0 Å². The molecule has 6 nitrogen and oxygen atoms in total. The van der Waals surface area contributed by atoms with Crippen LogP contribution in [0.5, 0.6) is 11.5 Å². The summed E-state index contributed by atoms with van der Waals surface area (Å²) >= 11 is 5.95. The minimum atomic E-state index is -0.515. The van der Waals surface area contributed by atoms with Crippen LogP contribution in [0.15, 0.2) is 36.4 Å². The van der Waals surface area contributed by atoms with E-state index in [2.05, 4.69) is 5.32 Å². The molecule has 0 unspecified atom stereocenters. The van der Waals surface area contributed by atoms with Crippen molar-refractivity contribution >= 4 is 29.0 Å². The van der Waals surface area contributed by atoms with Crippen LogP contribution in [0.2, 0.25) is 5.02 Å². The minimum Gasteiger partial charge on any atom is -0.486 e. The van der Waals surface area contributed by atoms with Gasteiger partial charge in [0.1, 0.15) is 19.6 Å². The van der Waals surface area contributed by atoms with Gasteiger partial charge in [-0.3, -0.25) is 9.59 Å². The molecule has 0 radical (unpaired) electrons. The second-order valence-corrected chi connectivity index (χ2v) is 5.70. The fourth-order valence-electron chi connectivity index (χ4n) is 2.43. The van der Waals surface area contributed by atoms with Gasteiger partial charge in [-0.05, 0) is 18.2 Å². The molecule has 1 aliphatic rings. The second kappa shape index (κ2) is 7.24. The number of ether oxygens (including phenoxy) is 2. The summed E-state index contributed by atoms with van der Waals surface area (Å²) < 4.78 is 11.0. The molecule has 0 aromatic heterocycles. The molecule has 2 aromatic rings. The molecule has 0 aliphatic carbocycles. The molecule has 0 atom stereocenters. The predicted molar refractivity (Wildman–Crippen MR) is 91.2 cm³/mol. The van der Waals surface area contributed by atoms with E-state index in [0.717, 1.165) is 0 Å². The topological polar surface area (TPSA) is 88.4 Å². The van der Waals surface area contributed by atoms with E-state index >= 15 is 0 Å². The van der Waals surface area contributed by atoms with Crippen LogP contribution in [0.25, 0.3) is 0 Å². The summed E-state index contributed by atoms with van der Waals surface area (Å²) in [4.78, 5) is 24.7. The fraction of sp³-hybridized carbons (Fsp3) is 0.167. The average molecular weight is 357 g/mol. The van der Waals surface area contributed by atoms with Gasteiger partial charge in [-0.15, -0.1) is 0 Å². The Morgan fingerprint density at radius 1 is 1.16 bits per heavy atom. The lowest BCUT2D eigenvalue weighted by Crippen LogP contribution is -2.19. The van der Waals surface area contributed by atoms with E-state index in [1.165, 1.54) is 12.1 Å². The standard InChI is InChI=1S/C18H13ClN2O4/c19-12-3-1-2-11(8-12)18(23)13-9-15-16(25-7-6-24-15)10-14(13)21-17(22)4-5-20/h1-3,8-10H,4,6-7H2,(H,21,22). The number of ketones is 1. The summed E-state index contributed by atoms with van der Waals surface area (Å²) in [6, 6.07) is 11.3. The number of carbonyl (C=O) groups is 2. The quantitative estimate of drug-likeness (QED) is 0.850. The number of anilines is 1. The van der Waals surface area contributed by atoms with Crippen molar-refractivity contribution in [3.63, 3.8) is 0 Å². The number of hydrogen-bond acceptors (Lipinski definition) is 5. The van der Waals surface area contributed by atoms with Crippen molar-refractivity contribution in [2.45, 2.75) is 6.42 Å². The van der Waals surface area contributed by atoms with Crippen LogP contribution in [0.4, 0.5) is 5.69 Å². The molecule has 0 saturated carbocycles. The molecule has 0 fully saturated rings. The van der Waals surface area contributed by atoms with Crippen LogP contribution >= 0.6 is 11.6 Å². The van der Waals surface area contributed by atoms with Gasteiger partial charge in [-0.25, -0.2) is 0 Å². The van der Waals surface area contributed by atoms with E-state index in [0.29, 0.717) is 35.3 Å². The summed E-state index contributed by atoms with van der Waals surface area (Å²) in [7, 11) is 0. The Balaban J connectivity index is 2.04. The van der Waals surface area contributed by atoms with Crippen molar-refractivity contribution in [3.05, 3.63) is 52.5 Å². The number of nitrogens with one attached hydrogen (secondary N) is 1. The molecule has 1 amide bonds. The molecule has 1 N–H and O–H groups in total. The van der Waals surface area contributed by atoms with Gasteiger partial charge in [0.25, 0.3) is 0 Å². The van der Waals surface area contributed by atoms with E-state index in [9.17, 15) is 9.59 Å². The van der Waals surface area contributed by atoms with Gasteiger partial charge < -0.3 is 14.8 Å². The zero-order valence-corrected chi connectivity index (χ0v) is 13.8. The van der Waals surface area contributed by atoms with Crippen LogP contribution in [0.1, 0.15) is 22.3 Å². The van der Waals surface area contributed by atoms with Gasteiger partial charge in [0.2, 0.25) is 5.91 Å². The van der Waals surface area contributed by atoms with Crippen LogP contribution in [-0.2, 0) is 4.79 Å². The lowest BCUT2D eigenvalue weighted by Gasteiger charge is -2.21. The van der Waals surface area contributed by atoms with E-state index in [1.54, 1.807) is 30.3 Å². The number of carbonyl (C=O) groups excluding carboxylic acids is 2. The Labute approximate surface area is 148 Å². The number of amides is 1. The number of halogens is 1. The third-order valence-corrected chi connectivity index (χ3v) is 3.76. The number of rotatable bonds is 4. The van der Waals surface area contributed by atoms with E-state index in [-0.39, 0.29) is 23.5 Å². The Morgan fingerprint density at radius 3 is 2.56 bits per heavy atom. The third-order valence-electron chi connectivity index (χ3n) is 3.53. The molecular formula is C18H13ClN2O4. The van der Waals surface area contributed by atoms with Crippen molar-refractivity contribution in [1.29, 1.82) is 5.26 Å². The van der Waals surface area contributed by atoms with Crippen LogP contribution in [0, 0.1) is 11.3 Å². The number of nitrogens with zero attached hydrogens (tertiary/aromatic N) is 1. The molecular weight excluding hydrogens is 344 g/mol. The number of hydrogen-bond donors (Lipinski definition) is 1. The van der Waals surface area contributed by atoms with Crippen LogP contribution < -0.4 is 14.8 Å². The monoisotopic (exact) mass is 356 g/mol. The Kier molecular flexibility index (Phi) is 4.87. The highest BCUT2D eigenvalue weighted by Gasteiger charge is 2.22. The molecule has 1 heterocycles. The summed E-state index contributed by atoms with van der Waals surface area (Å²) in [6.45, 7) is 0.748. The normalized spacial score (nSPS) is 12.2. The van der Waals surface area contributed by atoms with Gasteiger partial charge in [-0.2, -0.15) is 5.26 Å². The Morgan fingerprint density at radius 2 is 1.88 bits per heavy atom. The minimum absolute atomic E-state index is 0.234. The largest absolute Gasteiger partial charge is 0.486 e. The van der Waals surface area contributed by atoms with Crippen LogP contribution in [0.3, 0.4) is 0 Å². The zero-order chi connectivity index (χ0) is 17.8. The first kappa shape index (κ1) is 16.8. The van der Waals surface area contributed by atoms with Gasteiger partial charge in [-0.1, -0.05) is 23.7 Å². The van der Waals surface area contributed by atoms with E-state index in [1.807, 2.05) is 0 Å². The van der Waals surface area contributed by atoms with Crippen molar-refractivity contribution < 1.29 is 19.1 Å². The SMILES string of the molecule is N#CCC(=O)Nc1cc2c(cc1C(=O)c1cccc(Cl)c1)OCCO2. The highest BCUT2D eigenvalue weighted by Crippen LogP contribution is 2.36. The lowest BCUT2D eigenvalue weighted by atomic mass is 10.0. The smallest absolute Gasteiger partial charge is 0.238 e. The van der Waals surface area contributed by atoms with Crippen molar-refractivity contribution in [2.24, 2.45) is 0 Å². The van der Waals surface area contributed by atoms with Crippen LogP contribution in [-0.4, -0.2) is 24.9 Å². The average Bonchev–Trinajstić information content (AvgIpc) is 2.60. The molecule has 0 bridgehead atoms. The molecule has 3 rings (SSSR count). The Bertz CT molecular complexity index is 889. The molecule has 126 valence electrons. The summed E-state index contributed by atoms with van der Waals surface area (Å²) in [5, 5.41) is 11.7. The number of benzene rings is 2. The number of nitriles is 1. The van der Waals surface area contributed by atoms with Gasteiger partial charge in [0, 0.05) is 16.7 Å². The Hall–Kier alpha value is -3.04. The second-order valence-electron chi connectivity index (χ2n) is 5.26. The maximum atomic E-state index is 12.9. The molecule has 0 saturated heterocycles. The first-order valence-corrected chi connectivity index (χ1v) is 7.87. The zero-order valence-electron chi connectivity index (χ0n) is 13.0. The predicted octanol–water partition coefficient (Wildman–Crippen LogP) is 3.19. The van der Waals surface area contributed by atoms with Gasteiger partial charge in [0.05, 0.1) is 17.3 Å². The van der Waals surface area contributed by atoms with E-state index in [4.69, 9.17) is 26.3 Å². The highest BCUT2D eigenvalue weighted by atomic mass is 35.5. The fourth-order valence-corrected chi connectivity index (χ4v) is 2.62. The third kappa shape index (κ3) is 3.73. The van der Waals surface area contributed by atoms with Gasteiger partial charge in [0.15, 0.2) is 17.3 Å². The van der Waals surface area contributed by atoms with Crippen molar-refractivity contribution in [2.75, 3.05) is 18.5 Å². The van der Waals surface area contributed by atoms with Crippen molar-refractivity contribution in [1.82, 2.24) is 0 Å². The summed E-state index contributed by atoms with van der Waals surface area (Å²) in [6.07, 6.45) is -0.320. The maximum Gasteiger partial charge on any atom is 0.238 e. The molecule has 2 aromatic carbocycles. The lowest BCUT2D eigenvalue weighted by molar-refractivity contribution is -0.115. The molecule has 1 aliphatic heterocycles. The van der Waals surface area contributed by atoms with Crippen molar-refractivity contribution in [3.8, 4) is 17.6 Å². The molecule has 0 spiro atoms. The summed E-state index contributed by atoms with van der Waals surface area (Å²) in [5.74, 6) is 0.0158. The first-order chi connectivity index (χ1) is 12.1. The number of fused-ring (bicyclic) bond motifs is 1. The first-order valence-electron chi connectivity index (χ1n) is 7.49. The molecule has 25 heavy (non-hydrogen) atoms. The molecule has 7 heteroatoms.